The number of nitrogens with zero attached hydrogens (tertiary/aromatic N) is 2. The van der Waals surface area contributed by atoms with Crippen LogP contribution in [0.5, 0.6) is 0 Å². The van der Waals surface area contributed by atoms with Crippen molar-refractivity contribution in [2.45, 2.75) is 72.8 Å². The number of pyridine rings is 1. The third kappa shape index (κ3) is 4.45. The summed E-state index contributed by atoms with van der Waals surface area (Å²) in [6.45, 7) is 14.2. The largest absolute Gasteiger partial charge is 0.373 e. The zero-order valence-corrected chi connectivity index (χ0v) is 18.1. The molecule has 1 saturated heterocycles. The van der Waals surface area contributed by atoms with E-state index >= 15 is 0 Å². The summed E-state index contributed by atoms with van der Waals surface area (Å²) in [6, 6.07) is 8.83. The first-order valence-electron chi connectivity index (χ1n) is 10.6. The molecule has 1 aromatic carbocycles. The number of rotatable bonds is 6. The van der Waals surface area contributed by atoms with Gasteiger partial charge in [-0.15, -0.1) is 0 Å². The summed E-state index contributed by atoms with van der Waals surface area (Å²) < 4.78 is 5.89. The number of aromatic nitrogens is 1. The first kappa shape index (κ1) is 21.0. The Labute approximate surface area is 170 Å². The van der Waals surface area contributed by atoms with Gasteiger partial charge in [0, 0.05) is 37.4 Å². The first-order valence-corrected chi connectivity index (χ1v) is 10.6. The summed E-state index contributed by atoms with van der Waals surface area (Å²) in [7, 11) is 0. The molecule has 1 aromatic heterocycles. The van der Waals surface area contributed by atoms with Crippen molar-refractivity contribution in [1.82, 2.24) is 9.88 Å². The molecule has 2 N–H and O–H groups in total. The molecule has 0 spiro atoms. The molecule has 2 heterocycles. The maximum atomic E-state index is 6.20. The molecule has 0 radical (unpaired) electrons. The van der Waals surface area contributed by atoms with Crippen molar-refractivity contribution >= 4 is 0 Å². The highest BCUT2D eigenvalue weighted by atomic mass is 16.5. The van der Waals surface area contributed by atoms with E-state index in [-0.39, 0.29) is 12.2 Å². The highest BCUT2D eigenvalue weighted by molar-refractivity contribution is 5.69. The van der Waals surface area contributed by atoms with Crippen LogP contribution in [0.15, 0.2) is 24.3 Å². The van der Waals surface area contributed by atoms with Crippen molar-refractivity contribution in [3.05, 3.63) is 52.2 Å². The molecular weight excluding hydrogens is 346 g/mol. The van der Waals surface area contributed by atoms with Crippen LogP contribution in [0, 0.1) is 6.92 Å². The number of morpholine rings is 1. The zero-order chi connectivity index (χ0) is 20.3. The van der Waals surface area contributed by atoms with E-state index in [1.165, 1.54) is 27.8 Å². The van der Waals surface area contributed by atoms with E-state index in [1.807, 2.05) is 0 Å². The van der Waals surface area contributed by atoms with Crippen molar-refractivity contribution in [3.63, 3.8) is 0 Å². The molecule has 4 heteroatoms. The fourth-order valence-corrected chi connectivity index (χ4v) is 4.50. The van der Waals surface area contributed by atoms with Crippen molar-refractivity contribution in [2.75, 3.05) is 13.1 Å². The highest BCUT2D eigenvalue weighted by Crippen LogP contribution is 2.30. The number of ether oxygens (including phenoxy) is 1. The zero-order valence-electron chi connectivity index (χ0n) is 18.1. The summed E-state index contributed by atoms with van der Waals surface area (Å²) in [6.07, 6.45) is 2.54. The standard InChI is InChI=1S/C24H35N3O/c1-6-19-9-8-10-20(7-2)24(19)23-11-21(12-25)22(18(5)26-23)15-27-13-16(3)28-17(4)14-27/h8-11,16-17H,6-7,12-15,25H2,1-5H3/t16-,17-/m1/s1. The smallest absolute Gasteiger partial charge is 0.0714 e. The third-order valence-electron chi connectivity index (χ3n) is 5.78. The minimum atomic E-state index is 0.265. The fraction of sp³-hybridized carbons (Fsp3) is 0.542. The summed E-state index contributed by atoms with van der Waals surface area (Å²) in [5.74, 6) is 0. The Hall–Kier alpha value is -1.75. The molecule has 4 nitrogen and oxygen atoms in total. The van der Waals surface area contributed by atoms with Crippen LogP contribution >= 0.6 is 0 Å². The quantitative estimate of drug-likeness (QED) is 0.813. The monoisotopic (exact) mass is 381 g/mol. The molecule has 1 aliphatic rings. The van der Waals surface area contributed by atoms with Gasteiger partial charge in [-0.3, -0.25) is 9.88 Å². The summed E-state index contributed by atoms with van der Waals surface area (Å²) in [4.78, 5) is 7.53. The van der Waals surface area contributed by atoms with Crippen LogP contribution in [-0.4, -0.2) is 35.2 Å². The van der Waals surface area contributed by atoms with E-state index in [2.05, 4.69) is 63.8 Å². The minimum absolute atomic E-state index is 0.265. The van der Waals surface area contributed by atoms with Gasteiger partial charge in [0.25, 0.3) is 0 Å². The molecule has 0 aliphatic carbocycles. The molecular formula is C24H35N3O. The maximum Gasteiger partial charge on any atom is 0.0714 e. The average molecular weight is 382 g/mol. The van der Waals surface area contributed by atoms with Gasteiger partial charge in [0.05, 0.1) is 17.9 Å². The molecule has 28 heavy (non-hydrogen) atoms. The van der Waals surface area contributed by atoms with E-state index < -0.39 is 0 Å². The van der Waals surface area contributed by atoms with Crippen LogP contribution in [-0.2, 0) is 30.7 Å². The van der Waals surface area contributed by atoms with Gasteiger partial charge in [-0.05, 0) is 61.9 Å². The Bertz CT molecular complexity index is 785. The lowest BCUT2D eigenvalue weighted by Gasteiger charge is -2.36. The molecule has 1 fully saturated rings. The molecule has 0 saturated carbocycles. The lowest BCUT2D eigenvalue weighted by Crippen LogP contribution is -2.45. The van der Waals surface area contributed by atoms with Crippen LogP contribution < -0.4 is 5.73 Å². The van der Waals surface area contributed by atoms with E-state index in [4.69, 9.17) is 15.5 Å². The van der Waals surface area contributed by atoms with Crippen molar-refractivity contribution < 1.29 is 4.74 Å². The Kier molecular flexibility index (Phi) is 6.86. The van der Waals surface area contributed by atoms with Gasteiger partial charge in [0.2, 0.25) is 0 Å². The van der Waals surface area contributed by atoms with Crippen LogP contribution in [0.4, 0.5) is 0 Å². The van der Waals surface area contributed by atoms with E-state index in [0.717, 1.165) is 43.9 Å². The minimum Gasteiger partial charge on any atom is -0.373 e. The molecule has 0 bridgehead atoms. The predicted molar refractivity (Wildman–Crippen MR) is 116 cm³/mol. The fourth-order valence-electron chi connectivity index (χ4n) is 4.50. The van der Waals surface area contributed by atoms with Gasteiger partial charge in [-0.2, -0.15) is 0 Å². The van der Waals surface area contributed by atoms with Crippen molar-refractivity contribution in [3.8, 4) is 11.3 Å². The van der Waals surface area contributed by atoms with Gasteiger partial charge in [0.15, 0.2) is 0 Å². The molecule has 2 atom stereocenters. The number of benzene rings is 1. The van der Waals surface area contributed by atoms with E-state index in [1.54, 1.807) is 0 Å². The van der Waals surface area contributed by atoms with E-state index in [9.17, 15) is 0 Å². The average Bonchev–Trinajstić information content (AvgIpc) is 2.67. The first-order chi connectivity index (χ1) is 13.5. The molecule has 0 amide bonds. The van der Waals surface area contributed by atoms with Gasteiger partial charge in [-0.1, -0.05) is 32.0 Å². The molecule has 152 valence electrons. The summed E-state index contributed by atoms with van der Waals surface area (Å²) in [5, 5.41) is 0. The van der Waals surface area contributed by atoms with Crippen LogP contribution in [0.2, 0.25) is 0 Å². The molecule has 3 rings (SSSR count). The topological polar surface area (TPSA) is 51.4 Å². The Balaban J connectivity index is 1.99. The van der Waals surface area contributed by atoms with Crippen LogP contribution in [0.3, 0.4) is 0 Å². The lowest BCUT2D eigenvalue weighted by atomic mass is 9.93. The summed E-state index contributed by atoms with van der Waals surface area (Å²) in [5.41, 5.74) is 14.9. The highest BCUT2D eigenvalue weighted by Gasteiger charge is 2.24. The summed E-state index contributed by atoms with van der Waals surface area (Å²) >= 11 is 0. The molecule has 1 aliphatic heterocycles. The second kappa shape index (κ2) is 9.17. The third-order valence-corrected chi connectivity index (χ3v) is 5.78. The second-order valence-corrected chi connectivity index (χ2v) is 8.04. The van der Waals surface area contributed by atoms with Crippen LogP contribution in [0.1, 0.15) is 55.6 Å². The molecule has 0 unspecified atom stereocenters. The Morgan fingerprint density at radius 2 is 1.68 bits per heavy atom. The Morgan fingerprint density at radius 3 is 2.21 bits per heavy atom. The van der Waals surface area contributed by atoms with Gasteiger partial charge < -0.3 is 10.5 Å². The van der Waals surface area contributed by atoms with E-state index in [0.29, 0.717) is 6.54 Å². The number of hydrogen-bond acceptors (Lipinski definition) is 4. The molecule has 2 aromatic rings. The lowest BCUT2D eigenvalue weighted by molar-refractivity contribution is -0.0706. The number of nitrogens with two attached hydrogens (primary N) is 1. The van der Waals surface area contributed by atoms with Gasteiger partial charge in [-0.25, -0.2) is 0 Å². The predicted octanol–water partition coefficient (Wildman–Crippen LogP) is 4.25. The second-order valence-electron chi connectivity index (χ2n) is 8.04. The van der Waals surface area contributed by atoms with Gasteiger partial charge >= 0.3 is 0 Å². The Morgan fingerprint density at radius 1 is 1.07 bits per heavy atom. The normalized spacial score (nSPS) is 20.5. The van der Waals surface area contributed by atoms with Gasteiger partial charge in [0.1, 0.15) is 0 Å². The SMILES string of the molecule is CCc1cccc(CC)c1-c1cc(CN)c(CN2C[C@@H](C)O[C@H](C)C2)c(C)n1. The van der Waals surface area contributed by atoms with Crippen molar-refractivity contribution in [1.29, 1.82) is 0 Å². The number of aryl methyl sites for hydroxylation is 3. The maximum absolute atomic E-state index is 6.20. The van der Waals surface area contributed by atoms with Crippen LogP contribution in [0.25, 0.3) is 11.3 Å². The van der Waals surface area contributed by atoms with Crippen molar-refractivity contribution in [2.24, 2.45) is 5.73 Å². The number of hydrogen-bond donors (Lipinski definition) is 1.